The van der Waals surface area contributed by atoms with E-state index in [1.54, 1.807) is 56.2 Å². The molecule has 0 saturated heterocycles. The van der Waals surface area contributed by atoms with Crippen molar-refractivity contribution in [1.82, 2.24) is 19.9 Å². The van der Waals surface area contributed by atoms with Crippen molar-refractivity contribution in [3.8, 4) is 17.0 Å². The third-order valence-electron chi connectivity index (χ3n) is 4.46. The lowest BCUT2D eigenvalue weighted by atomic mass is 10.1. The number of halogens is 2. The molecule has 0 saturated carbocycles. The minimum atomic E-state index is -3.02. The number of nitrogens with zero attached hydrogens (tertiary/aromatic N) is 4. The first kappa shape index (κ1) is 19.5. The van der Waals surface area contributed by atoms with Gasteiger partial charge >= 0.3 is 6.61 Å². The highest BCUT2D eigenvalue weighted by Crippen LogP contribution is 2.31. The summed E-state index contributed by atoms with van der Waals surface area (Å²) in [7, 11) is 1.76. The molecule has 1 amide bonds. The van der Waals surface area contributed by atoms with Gasteiger partial charge in [0.05, 0.1) is 34.2 Å². The fourth-order valence-electron chi connectivity index (χ4n) is 3.11. The highest BCUT2D eigenvalue weighted by atomic mass is 19.3. The lowest BCUT2D eigenvalue weighted by molar-refractivity contribution is -0.0493. The molecular formula is C20H17F2N5O3. The number of hydrogen-bond acceptors (Lipinski definition) is 6. The van der Waals surface area contributed by atoms with Gasteiger partial charge in [0.15, 0.2) is 0 Å². The Bertz CT molecular complexity index is 1250. The van der Waals surface area contributed by atoms with Gasteiger partial charge in [-0.05, 0) is 37.6 Å². The predicted octanol–water partition coefficient (Wildman–Crippen LogP) is 4.09. The fourth-order valence-corrected chi connectivity index (χ4v) is 3.11. The van der Waals surface area contributed by atoms with Crippen LogP contribution in [0.2, 0.25) is 0 Å². The fraction of sp³-hybridized carbons (Fsp3) is 0.200. The summed E-state index contributed by atoms with van der Waals surface area (Å²) < 4.78 is 36.9. The van der Waals surface area contributed by atoms with Gasteiger partial charge in [-0.1, -0.05) is 11.2 Å². The summed E-state index contributed by atoms with van der Waals surface area (Å²) in [6, 6.07) is 6.13. The normalized spacial score (nSPS) is 11.3. The number of rotatable bonds is 5. The number of anilines is 1. The Morgan fingerprint density at radius 3 is 2.77 bits per heavy atom. The largest absolute Gasteiger partial charge is 0.433 e. The molecule has 0 aliphatic carbocycles. The number of fused-ring (bicyclic) bond motifs is 1. The Labute approximate surface area is 169 Å². The minimum Gasteiger partial charge on any atom is -0.433 e. The van der Waals surface area contributed by atoms with Crippen LogP contribution in [0.25, 0.3) is 22.4 Å². The average molecular weight is 413 g/mol. The minimum absolute atomic E-state index is 0.127. The van der Waals surface area contributed by atoms with Gasteiger partial charge in [0.2, 0.25) is 0 Å². The molecule has 3 heterocycles. The Morgan fingerprint density at radius 1 is 1.27 bits per heavy atom. The number of aryl methyl sites for hydroxylation is 3. The van der Waals surface area contributed by atoms with Crippen molar-refractivity contribution in [2.24, 2.45) is 7.05 Å². The molecule has 0 aliphatic rings. The number of alkyl halides is 2. The maximum absolute atomic E-state index is 13.1. The third kappa shape index (κ3) is 3.71. The van der Waals surface area contributed by atoms with Gasteiger partial charge in [-0.3, -0.25) is 9.48 Å². The summed E-state index contributed by atoms with van der Waals surface area (Å²) >= 11 is 0. The van der Waals surface area contributed by atoms with Gasteiger partial charge in [0, 0.05) is 18.8 Å². The van der Waals surface area contributed by atoms with Crippen LogP contribution in [0, 0.1) is 13.8 Å². The highest BCUT2D eigenvalue weighted by Gasteiger charge is 2.21. The molecule has 0 fully saturated rings. The summed E-state index contributed by atoms with van der Waals surface area (Å²) in [6.45, 7) is 0.442. The molecule has 0 bridgehead atoms. The molecule has 1 aromatic carbocycles. The standard InChI is InChI=1S/C20H17F2N5O3/c1-10-4-5-16(29-20(21)22)15(6-10)24-18(28)13-7-14(12-8-23-27(3)9-12)25-19-17(13)11(2)26-30-19/h4-9,20H,1-3H3,(H,24,28). The van der Waals surface area contributed by atoms with E-state index in [2.05, 4.69) is 25.3 Å². The van der Waals surface area contributed by atoms with Crippen LogP contribution in [0.4, 0.5) is 14.5 Å². The van der Waals surface area contributed by atoms with E-state index in [4.69, 9.17) is 4.52 Å². The van der Waals surface area contributed by atoms with Crippen LogP contribution in [-0.2, 0) is 7.05 Å². The predicted molar refractivity (Wildman–Crippen MR) is 105 cm³/mol. The molecule has 0 radical (unpaired) electrons. The van der Waals surface area contributed by atoms with Gasteiger partial charge in [0.1, 0.15) is 5.75 Å². The number of aromatic nitrogens is 4. The number of nitrogens with one attached hydrogen (secondary N) is 1. The zero-order chi connectivity index (χ0) is 21.4. The first-order chi connectivity index (χ1) is 14.3. The number of benzene rings is 1. The summed E-state index contributed by atoms with van der Waals surface area (Å²) in [5.41, 5.74) is 2.94. The van der Waals surface area contributed by atoms with Crippen LogP contribution < -0.4 is 10.1 Å². The van der Waals surface area contributed by atoms with Crippen molar-refractivity contribution in [1.29, 1.82) is 0 Å². The second kappa shape index (κ2) is 7.54. The van der Waals surface area contributed by atoms with E-state index in [1.807, 2.05) is 0 Å². The van der Waals surface area contributed by atoms with Crippen LogP contribution in [0.15, 0.2) is 41.2 Å². The molecule has 4 aromatic rings. The smallest absolute Gasteiger partial charge is 0.387 e. The molecule has 0 spiro atoms. The molecule has 3 aromatic heterocycles. The lowest BCUT2D eigenvalue weighted by Crippen LogP contribution is -2.15. The molecule has 154 valence electrons. The van der Waals surface area contributed by atoms with E-state index >= 15 is 0 Å². The molecule has 30 heavy (non-hydrogen) atoms. The highest BCUT2D eigenvalue weighted by molar-refractivity contribution is 6.13. The summed E-state index contributed by atoms with van der Waals surface area (Å²) in [5, 5.41) is 11.1. The number of carbonyl (C=O) groups excluding carboxylic acids is 1. The maximum atomic E-state index is 13.1. The number of amides is 1. The first-order valence-electron chi connectivity index (χ1n) is 8.94. The molecule has 8 nitrogen and oxygen atoms in total. The monoisotopic (exact) mass is 413 g/mol. The number of carbonyl (C=O) groups is 1. The Balaban J connectivity index is 1.78. The molecule has 4 rings (SSSR count). The van der Waals surface area contributed by atoms with Crippen LogP contribution in [0.5, 0.6) is 5.75 Å². The van der Waals surface area contributed by atoms with Crippen LogP contribution in [-0.4, -0.2) is 32.4 Å². The van der Waals surface area contributed by atoms with Gasteiger partial charge < -0.3 is 14.6 Å². The van der Waals surface area contributed by atoms with Gasteiger partial charge in [-0.2, -0.15) is 13.9 Å². The molecular weight excluding hydrogens is 396 g/mol. The number of hydrogen-bond donors (Lipinski definition) is 1. The molecule has 0 aliphatic heterocycles. The van der Waals surface area contributed by atoms with Gasteiger partial charge in [-0.15, -0.1) is 0 Å². The van der Waals surface area contributed by atoms with E-state index in [1.165, 1.54) is 6.07 Å². The van der Waals surface area contributed by atoms with Crippen LogP contribution in [0.3, 0.4) is 0 Å². The Hall–Kier alpha value is -3.82. The lowest BCUT2D eigenvalue weighted by Gasteiger charge is -2.13. The van der Waals surface area contributed by atoms with Crippen LogP contribution in [0.1, 0.15) is 21.6 Å². The number of ether oxygens (including phenoxy) is 1. The van der Waals surface area contributed by atoms with Crippen molar-refractivity contribution >= 4 is 22.7 Å². The number of pyridine rings is 1. The van der Waals surface area contributed by atoms with Crippen molar-refractivity contribution in [2.75, 3.05) is 5.32 Å². The zero-order valence-electron chi connectivity index (χ0n) is 16.3. The van der Waals surface area contributed by atoms with Crippen molar-refractivity contribution in [3.05, 3.63) is 53.5 Å². The maximum Gasteiger partial charge on any atom is 0.387 e. The quantitative estimate of drug-likeness (QED) is 0.529. The molecule has 10 heteroatoms. The Morgan fingerprint density at radius 2 is 2.07 bits per heavy atom. The van der Waals surface area contributed by atoms with E-state index in [0.29, 0.717) is 22.3 Å². The summed E-state index contributed by atoms with van der Waals surface area (Å²) in [5.74, 6) is -0.674. The third-order valence-corrected chi connectivity index (χ3v) is 4.46. The zero-order valence-corrected chi connectivity index (χ0v) is 16.3. The van der Waals surface area contributed by atoms with Crippen molar-refractivity contribution in [2.45, 2.75) is 20.5 Å². The second-order valence-electron chi connectivity index (χ2n) is 6.74. The molecule has 0 unspecified atom stereocenters. The van der Waals surface area contributed by atoms with Crippen molar-refractivity contribution in [3.63, 3.8) is 0 Å². The first-order valence-corrected chi connectivity index (χ1v) is 8.94. The topological polar surface area (TPSA) is 95.1 Å². The summed E-state index contributed by atoms with van der Waals surface area (Å²) in [6.07, 6.45) is 3.35. The molecule has 0 atom stereocenters. The van der Waals surface area contributed by atoms with Gasteiger partial charge in [0.25, 0.3) is 11.6 Å². The Kier molecular flexibility index (Phi) is 4.90. The van der Waals surface area contributed by atoms with E-state index in [9.17, 15) is 13.6 Å². The second-order valence-corrected chi connectivity index (χ2v) is 6.74. The van der Waals surface area contributed by atoms with Gasteiger partial charge in [-0.25, -0.2) is 4.98 Å². The molecule has 1 N–H and O–H groups in total. The van der Waals surface area contributed by atoms with Crippen LogP contribution >= 0.6 is 0 Å². The van der Waals surface area contributed by atoms with Crippen molar-refractivity contribution < 1.29 is 22.8 Å². The van der Waals surface area contributed by atoms with E-state index in [-0.39, 0.29) is 22.7 Å². The van der Waals surface area contributed by atoms with E-state index in [0.717, 1.165) is 5.56 Å². The summed E-state index contributed by atoms with van der Waals surface area (Å²) in [4.78, 5) is 17.6. The average Bonchev–Trinajstić information content (AvgIpc) is 3.29. The van der Waals surface area contributed by atoms with E-state index < -0.39 is 12.5 Å². The SMILES string of the molecule is Cc1ccc(OC(F)F)c(NC(=O)c2cc(-c3cnn(C)c3)nc3onc(C)c23)c1.